The molecular formula is C19H21N5O3. The van der Waals surface area contributed by atoms with Crippen LogP contribution < -0.4 is 11.0 Å². The average Bonchev–Trinajstić information content (AvgIpc) is 3.07. The average molecular weight is 367 g/mol. The molecular weight excluding hydrogens is 346 g/mol. The van der Waals surface area contributed by atoms with E-state index in [2.05, 4.69) is 25.2 Å². The lowest BCUT2D eigenvalue weighted by molar-refractivity contribution is -0.128. The first kappa shape index (κ1) is 17.4. The van der Waals surface area contributed by atoms with Crippen molar-refractivity contribution < 1.29 is 9.53 Å². The summed E-state index contributed by atoms with van der Waals surface area (Å²) in [6.45, 7) is 3.00. The van der Waals surface area contributed by atoms with E-state index in [0.29, 0.717) is 32.8 Å². The van der Waals surface area contributed by atoms with Gasteiger partial charge in [-0.1, -0.05) is 12.1 Å². The monoisotopic (exact) mass is 367 g/mol. The van der Waals surface area contributed by atoms with Crippen LogP contribution in [0.4, 0.5) is 0 Å². The Morgan fingerprint density at radius 2 is 2.04 bits per heavy atom. The zero-order valence-corrected chi connectivity index (χ0v) is 14.8. The molecule has 8 heteroatoms. The molecule has 1 atom stereocenters. The van der Waals surface area contributed by atoms with Crippen LogP contribution in [0.25, 0.3) is 11.0 Å². The smallest absolute Gasteiger partial charge is 0.323 e. The number of morpholine rings is 1. The van der Waals surface area contributed by atoms with Gasteiger partial charge in [-0.2, -0.15) is 0 Å². The molecule has 140 valence electrons. The van der Waals surface area contributed by atoms with E-state index in [-0.39, 0.29) is 11.6 Å². The zero-order chi connectivity index (χ0) is 18.6. The SMILES string of the molecule is O=C(NCc1ccc2[nH]c(=O)[nH]c2c1)C(c1cccnc1)N1CCOCC1. The molecule has 1 unspecified atom stereocenters. The van der Waals surface area contributed by atoms with Gasteiger partial charge in [0, 0.05) is 32.0 Å². The number of imidazole rings is 1. The number of hydrogen-bond acceptors (Lipinski definition) is 5. The Morgan fingerprint density at radius 1 is 1.22 bits per heavy atom. The third kappa shape index (κ3) is 3.91. The molecule has 1 aromatic carbocycles. The lowest BCUT2D eigenvalue weighted by Crippen LogP contribution is -2.45. The van der Waals surface area contributed by atoms with Gasteiger partial charge in [0.15, 0.2) is 0 Å². The standard InChI is InChI=1S/C19H21N5O3/c25-18(21-11-13-3-4-15-16(10-13)23-19(26)22-15)17(14-2-1-5-20-12-14)24-6-8-27-9-7-24/h1-5,10,12,17H,6-9,11H2,(H,21,25)(H2,22,23,26). The predicted octanol–water partition coefficient (Wildman–Crippen LogP) is 0.941. The Balaban J connectivity index is 1.51. The minimum absolute atomic E-state index is 0.0763. The Kier molecular flexibility index (Phi) is 4.99. The fraction of sp³-hybridized carbons (Fsp3) is 0.316. The maximum Gasteiger partial charge on any atom is 0.323 e. The molecule has 3 aromatic rings. The lowest BCUT2D eigenvalue weighted by atomic mass is 10.1. The number of pyridine rings is 1. The Bertz CT molecular complexity index is 976. The number of nitrogens with one attached hydrogen (secondary N) is 3. The van der Waals surface area contributed by atoms with Gasteiger partial charge in [-0.3, -0.25) is 14.7 Å². The van der Waals surface area contributed by atoms with Gasteiger partial charge >= 0.3 is 5.69 Å². The topological polar surface area (TPSA) is 103 Å². The van der Waals surface area contributed by atoms with Crippen LogP contribution in [-0.2, 0) is 16.1 Å². The molecule has 0 saturated carbocycles. The van der Waals surface area contributed by atoms with Gasteiger partial charge in [-0.25, -0.2) is 4.79 Å². The molecule has 1 fully saturated rings. The van der Waals surface area contributed by atoms with E-state index in [4.69, 9.17) is 4.74 Å². The number of carbonyl (C=O) groups excluding carboxylic acids is 1. The third-order valence-electron chi connectivity index (χ3n) is 4.71. The van der Waals surface area contributed by atoms with E-state index < -0.39 is 6.04 Å². The van der Waals surface area contributed by atoms with E-state index in [0.717, 1.165) is 22.2 Å². The summed E-state index contributed by atoms with van der Waals surface area (Å²) in [5, 5.41) is 3.01. The summed E-state index contributed by atoms with van der Waals surface area (Å²) in [6.07, 6.45) is 3.43. The summed E-state index contributed by atoms with van der Waals surface area (Å²) in [6, 6.07) is 8.94. The minimum atomic E-state index is -0.404. The van der Waals surface area contributed by atoms with Crippen molar-refractivity contribution in [1.82, 2.24) is 25.2 Å². The highest BCUT2D eigenvalue weighted by molar-refractivity contribution is 5.83. The van der Waals surface area contributed by atoms with Crippen LogP contribution in [0.5, 0.6) is 0 Å². The quantitative estimate of drug-likeness (QED) is 0.623. The van der Waals surface area contributed by atoms with Gasteiger partial charge in [-0.05, 0) is 29.3 Å². The highest BCUT2D eigenvalue weighted by Gasteiger charge is 2.29. The second kappa shape index (κ2) is 7.73. The minimum Gasteiger partial charge on any atom is -0.379 e. The fourth-order valence-electron chi connectivity index (χ4n) is 3.38. The molecule has 3 N–H and O–H groups in total. The number of amides is 1. The number of aromatic amines is 2. The van der Waals surface area contributed by atoms with E-state index >= 15 is 0 Å². The number of carbonyl (C=O) groups is 1. The number of nitrogens with zero attached hydrogens (tertiary/aromatic N) is 2. The van der Waals surface area contributed by atoms with Crippen LogP contribution in [0.3, 0.4) is 0 Å². The summed E-state index contributed by atoms with van der Waals surface area (Å²) in [4.78, 5) is 36.1. The second-order valence-corrected chi connectivity index (χ2v) is 6.51. The van der Waals surface area contributed by atoms with E-state index in [1.165, 1.54) is 0 Å². The first-order valence-electron chi connectivity index (χ1n) is 8.91. The van der Waals surface area contributed by atoms with Crippen molar-refractivity contribution in [1.29, 1.82) is 0 Å². The zero-order valence-electron chi connectivity index (χ0n) is 14.8. The molecule has 0 spiro atoms. The molecule has 1 saturated heterocycles. The summed E-state index contributed by atoms with van der Waals surface area (Å²) >= 11 is 0. The Labute approximate surface area is 155 Å². The van der Waals surface area contributed by atoms with Gasteiger partial charge in [0.05, 0.1) is 24.2 Å². The Hall–Kier alpha value is -2.97. The molecule has 27 heavy (non-hydrogen) atoms. The van der Waals surface area contributed by atoms with Gasteiger partial charge in [-0.15, -0.1) is 0 Å². The summed E-state index contributed by atoms with van der Waals surface area (Å²) in [5.41, 5.74) is 3.01. The third-order valence-corrected chi connectivity index (χ3v) is 4.71. The summed E-state index contributed by atoms with van der Waals surface area (Å²) in [7, 11) is 0. The van der Waals surface area contributed by atoms with Gasteiger partial charge in [0.2, 0.25) is 5.91 Å². The van der Waals surface area contributed by atoms with Crippen LogP contribution >= 0.6 is 0 Å². The van der Waals surface area contributed by atoms with Crippen molar-refractivity contribution in [3.8, 4) is 0 Å². The van der Waals surface area contributed by atoms with Crippen LogP contribution in [0.2, 0.25) is 0 Å². The molecule has 1 aliphatic rings. The van der Waals surface area contributed by atoms with E-state index in [9.17, 15) is 9.59 Å². The number of H-pyrrole nitrogens is 2. The largest absolute Gasteiger partial charge is 0.379 e. The molecule has 4 rings (SSSR count). The highest BCUT2D eigenvalue weighted by Crippen LogP contribution is 2.21. The summed E-state index contributed by atoms with van der Waals surface area (Å²) < 4.78 is 5.42. The summed E-state index contributed by atoms with van der Waals surface area (Å²) in [5.74, 6) is -0.0763. The first-order valence-corrected chi connectivity index (χ1v) is 8.91. The van der Waals surface area contributed by atoms with Crippen LogP contribution in [-0.4, -0.2) is 52.1 Å². The number of rotatable bonds is 5. The molecule has 0 aliphatic carbocycles. The first-order chi connectivity index (χ1) is 13.2. The van der Waals surface area contributed by atoms with Crippen molar-refractivity contribution in [2.45, 2.75) is 12.6 Å². The fourth-order valence-corrected chi connectivity index (χ4v) is 3.38. The maximum absolute atomic E-state index is 13.0. The maximum atomic E-state index is 13.0. The van der Waals surface area contributed by atoms with Crippen LogP contribution in [0, 0.1) is 0 Å². The highest BCUT2D eigenvalue weighted by atomic mass is 16.5. The van der Waals surface area contributed by atoms with Crippen molar-refractivity contribution in [2.75, 3.05) is 26.3 Å². The molecule has 2 aromatic heterocycles. The Morgan fingerprint density at radius 3 is 2.81 bits per heavy atom. The van der Waals surface area contributed by atoms with Crippen LogP contribution in [0.15, 0.2) is 47.5 Å². The van der Waals surface area contributed by atoms with E-state index in [1.807, 2.05) is 30.3 Å². The van der Waals surface area contributed by atoms with Crippen LogP contribution in [0.1, 0.15) is 17.2 Å². The number of aromatic nitrogens is 3. The number of ether oxygens (including phenoxy) is 1. The van der Waals surface area contributed by atoms with Gasteiger partial charge in [0.1, 0.15) is 6.04 Å². The molecule has 0 bridgehead atoms. The van der Waals surface area contributed by atoms with Gasteiger partial charge < -0.3 is 20.0 Å². The molecule has 1 amide bonds. The number of hydrogen-bond donors (Lipinski definition) is 3. The van der Waals surface area contributed by atoms with Crippen molar-refractivity contribution in [3.05, 3.63) is 64.3 Å². The molecule has 8 nitrogen and oxygen atoms in total. The second-order valence-electron chi connectivity index (χ2n) is 6.51. The van der Waals surface area contributed by atoms with Crippen molar-refractivity contribution in [3.63, 3.8) is 0 Å². The molecule has 3 heterocycles. The molecule has 0 radical (unpaired) electrons. The van der Waals surface area contributed by atoms with Crippen molar-refractivity contribution in [2.24, 2.45) is 0 Å². The normalized spacial score (nSPS) is 16.3. The lowest BCUT2D eigenvalue weighted by Gasteiger charge is -2.33. The predicted molar refractivity (Wildman–Crippen MR) is 100 cm³/mol. The number of benzene rings is 1. The molecule has 1 aliphatic heterocycles. The van der Waals surface area contributed by atoms with Crippen molar-refractivity contribution >= 4 is 16.9 Å². The van der Waals surface area contributed by atoms with E-state index in [1.54, 1.807) is 12.4 Å². The number of fused-ring (bicyclic) bond motifs is 1. The van der Waals surface area contributed by atoms with Gasteiger partial charge in [0.25, 0.3) is 0 Å².